The summed E-state index contributed by atoms with van der Waals surface area (Å²) in [5.41, 5.74) is 0.0556. The van der Waals surface area contributed by atoms with Crippen LogP contribution in [0.15, 0.2) is 0 Å². The van der Waals surface area contributed by atoms with Crippen LogP contribution >= 0.6 is 15.9 Å². The van der Waals surface area contributed by atoms with Crippen LogP contribution < -0.4 is 0 Å². The summed E-state index contributed by atoms with van der Waals surface area (Å²) in [6, 6.07) is 0. The van der Waals surface area contributed by atoms with Crippen molar-refractivity contribution in [2.75, 3.05) is 25.2 Å². The van der Waals surface area contributed by atoms with Crippen molar-refractivity contribution in [2.24, 2.45) is 5.41 Å². The van der Waals surface area contributed by atoms with Crippen LogP contribution in [0.3, 0.4) is 0 Å². The second kappa shape index (κ2) is 2.33. The Morgan fingerprint density at radius 1 is 1.62 bits per heavy atom. The van der Waals surface area contributed by atoms with Gasteiger partial charge in [-0.15, -0.1) is 0 Å². The molecule has 0 spiro atoms. The van der Waals surface area contributed by atoms with Gasteiger partial charge in [-0.25, -0.2) is 0 Å². The number of hydrogen-bond donors (Lipinski definition) is 1. The van der Waals surface area contributed by atoms with Gasteiger partial charge in [0.2, 0.25) is 0 Å². The van der Waals surface area contributed by atoms with Gasteiger partial charge in [0.25, 0.3) is 0 Å². The molecular formula is C5H9BrO2. The van der Waals surface area contributed by atoms with E-state index in [2.05, 4.69) is 15.9 Å². The molecule has 1 saturated heterocycles. The van der Waals surface area contributed by atoms with Crippen molar-refractivity contribution >= 4 is 15.9 Å². The maximum absolute atomic E-state index is 8.73. The van der Waals surface area contributed by atoms with Crippen molar-refractivity contribution in [1.29, 1.82) is 0 Å². The fourth-order valence-electron chi connectivity index (χ4n) is 0.601. The van der Waals surface area contributed by atoms with Crippen LogP contribution in [-0.2, 0) is 4.74 Å². The first-order valence-corrected chi connectivity index (χ1v) is 3.70. The van der Waals surface area contributed by atoms with Gasteiger partial charge in [0.1, 0.15) is 0 Å². The molecule has 0 aliphatic carbocycles. The van der Waals surface area contributed by atoms with Crippen LogP contribution in [0.25, 0.3) is 0 Å². The Morgan fingerprint density at radius 3 is 2.25 bits per heavy atom. The molecule has 1 aliphatic heterocycles. The summed E-state index contributed by atoms with van der Waals surface area (Å²) in [7, 11) is 0. The van der Waals surface area contributed by atoms with E-state index in [1.165, 1.54) is 0 Å². The van der Waals surface area contributed by atoms with Gasteiger partial charge in [0.05, 0.1) is 19.8 Å². The largest absolute Gasteiger partial charge is 0.396 e. The third kappa shape index (κ3) is 0.900. The van der Waals surface area contributed by atoms with Crippen LogP contribution in [-0.4, -0.2) is 30.3 Å². The number of halogens is 1. The smallest absolute Gasteiger partial charge is 0.0575 e. The van der Waals surface area contributed by atoms with E-state index < -0.39 is 0 Å². The molecule has 0 bridgehead atoms. The van der Waals surface area contributed by atoms with Gasteiger partial charge < -0.3 is 9.84 Å². The van der Waals surface area contributed by atoms with Crippen LogP contribution in [0.2, 0.25) is 0 Å². The Kier molecular flexibility index (Phi) is 1.90. The van der Waals surface area contributed by atoms with Gasteiger partial charge in [-0.3, -0.25) is 0 Å². The molecule has 0 aromatic rings. The van der Waals surface area contributed by atoms with Gasteiger partial charge in [0, 0.05) is 10.7 Å². The Balaban J connectivity index is 2.33. The molecule has 2 nitrogen and oxygen atoms in total. The molecule has 1 aliphatic rings. The molecule has 3 heteroatoms. The minimum absolute atomic E-state index is 0.0556. The van der Waals surface area contributed by atoms with Crippen molar-refractivity contribution in [2.45, 2.75) is 0 Å². The number of aliphatic hydroxyl groups is 1. The highest BCUT2D eigenvalue weighted by Gasteiger charge is 2.36. The van der Waals surface area contributed by atoms with Gasteiger partial charge >= 0.3 is 0 Å². The second-order valence-electron chi connectivity index (χ2n) is 2.28. The van der Waals surface area contributed by atoms with Crippen LogP contribution in [0.5, 0.6) is 0 Å². The van der Waals surface area contributed by atoms with Crippen LogP contribution in [0, 0.1) is 5.41 Å². The van der Waals surface area contributed by atoms with Crippen molar-refractivity contribution in [1.82, 2.24) is 0 Å². The molecule has 1 rings (SSSR count). The monoisotopic (exact) mass is 180 g/mol. The van der Waals surface area contributed by atoms with E-state index in [9.17, 15) is 0 Å². The molecular weight excluding hydrogens is 172 g/mol. The molecule has 48 valence electrons. The molecule has 1 heterocycles. The zero-order chi connectivity index (χ0) is 6.04. The van der Waals surface area contributed by atoms with Gasteiger partial charge in [-0.05, 0) is 0 Å². The maximum Gasteiger partial charge on any atom is 0.0575 e. The Morgan fingerprint density at radius 2 is 2.25 bits per heavy atom. The summed E-state index contributed by atoms with van der Waals surface area (Å²) in [5.74, 6) is 0. The van der Waals surface area contributed by atoms with E-state index >= 15 is 0 Å². The third-order valence-corrected chi connectivity index (χ3v) is 2.62. The van der Waals surface area contributed by atoms with Gasteiger partial charge in [-0.1, -0.05) is 15.9 Å². The zero-order valence-electron chi connectivity index (χ0n) is 4.56. The van der Waals surface area contributed by atoms with E-state index in [1.54, 1.807) is 0 Å². The summed E-state index contributed by atoms with van der Waals surface area (Å²) in [4.78, 5) is 0. The van der Waals surface area contributed by atoms with Crippen molar-refractivity contribution in [3.63, 3.8) is 0 Å². The lowest BCUT2D eigenvalue weighted by atomic mass is 9.90. The first-order valence-electron chi connectivity index (χ1n) is 2.58. The van der Waals surface area contributed by atoms with Crippen molar-refractivity contribution < 1.29 is 9.84 Å². The highest BCUT2D eigenvalue weighted by Crippen LogP contribution is 2.28. The molecule has 0 radical (unpaired) electrons. The van der Waals surface area contributed by atoms with E-state index in [0.717, 1.165) is 5.33 Å². The van der Waals surface area contributed by atoms with Gasteiger partial charge in [-0.2, -0.15) is 0 Å². The number of alkyl halides is 1. The maximum atomic E-state index is 8.73. The summed E-state index contributed by atoms with van der Waals surface area (Å²) < 4.78 is 4.93. The molecule has 1 N–H and O–H groups in total. The summed E-state index contributed by atoms with van der Waals surface area (Å²) in [6.07, 6.45) is 0. The lowest BCUT2D eigenvalue weighted by Crippen LogP contribution is -2.46. The summed E-state index contributed by atoms with van der Waals surface area (Å²) >= 11 is 3.30. The number of aliphatic hydroxyl groups excluding tert-OH is 1. The highest BCUT2D eigenvalue weighted by atomic mass is 79.9. The molecule has 8 heavy (non-hydrogen) atoms. The summed E-state index contributed by atoms with van der Waals surface area (Å²) in [5, 5.41) is 9.57. The Labute approximate surface area is 57.0 Å². The quantitative estimate of drug-likeness (QED) is 0.624. The van der Waals surface area contributed by atoms with E-state index in [-0.39, 0.29) is 12.0 Å². The highest BCUT2D eigenvalue weighted by molar-refractivity contribution is 9.09. The van der Waals surface area contributed by atoms with E-state index in [4.69, 9.17) is 9.84 Å². The Hall–Kier alpha value is 0.400. The zero-order valence-corrected chi connectivity index (χ0v) is 6.15. The molecule has 0 saturated carbocycles. The average molecular weight is 181 g/mol. The predicted octanol–water partition coefficient (Wildman–Crippen LogP) is 0.390. The SMILES string of the molecule is OCC1(CBr)COC1. The number of ether oxygens (including phenoxy) is 1. The topological polar surface area (TPSA) is 29.5 Å². The minimum Gasteiger partial charge on any atom is -0.396 e. The third-order valence-electron chi connectivity index (χ3n) is 1.44. The number of hydrogen-bond acceptors (Lipinski definition) is 2. The first kappa shape index (κ1) is 6.52. The fourth-order valence-corrected chi connectivity index (χ4v) is 1.10. The van der Waals surface area contributed by atoms with Crippen molar-refractivity contribution in [3.8, 4) is 0 Å². The molecule has 1 fully saturated rings. The number of rotatable bonds is 2. The second-order valence-corrected chi connectivity index (χ2v) is 2.85. The molecule has 0 unspecified atom stereocenters. The van der Waals surface area contributed by atoms with E-state index in [1.807, 2.05) is 0 Å². The normalized spacial score (nSPS) is 24.8. The average Bonchev–Trinajstić information content (AvgIpc) is 1.67. The predicted molar refractivity (Wildman–Crippen MR) is 34.1 cm³/mol. The summed E-state index contributed by atoms with van der Waals surface area (Å²) in [6.45, 7) is 1.64. The minimum atomic E-state index is 0.0556. The van der Waals surface area contributed by atoms with E-state index in [0.29, 0.717) is 13.2 Å². The molecule has 0 amide bonds. The Bertz CT molecular complexity index is 67.0. The van der Waals surface area contributed by atoms with Crippen LogP contribution in [0.4, 0.5) is 0 Å². The van der Waals surface area contributed by atoms with Gasteiger partial charge in [0.15, 0.2) is 0 Å². The van der Waals surface area contributed by atoms with Crippen molar-refractivity contribution in [3.05, 3.63) is 0 Å². The van der Waals surface area contributed by atoms with Crippen LogP contribution in [0.1, 0.15) is 0 Å². The molecule has 0 aromatic heterocycles. The first-order chi connectivity index (χ1) is 3.83. The fraction of sp³-hybridized carbons (Fsp3) is 1.00. The standard InChI is InChI=1S/C5H9BrO2/c6-1-5(2-7)3-8-4-5/h7H,1-4H2. The lowest BCUT2D eigenvalue weighted by molar-refractivity contribution is -0.121. The molecule has 0 atom stereocenters. The molecule has 0 aromatic carbocycles. The lowest BCUT2D eigenvalue weighted by Gasteiger charge is -2.38.